The van der Waals surface area contributed by atoms with Crippen molar-refractivity contribution in [2.24, 2.45) is 15.7 Å². The van der Waals surface area contributed by atoms with E-state index in [1.165, 1.54) is 0 Å². The lowest BCUT2D eigenvalue weighted by atomic mass is 10.1. The Morgan fingerprint density at radius 1 is 1.53 bits per heavy atom. The van der Waals surface area contributed by atoms with Crippen molar-refractivity contribution in [2.45, 2.75) is 24.7 Å². The van der Waals surface area contributed by atoms with Gasteiger partial charge < -0.3 is 20.7 Å². The lowest BCUT2D eigenvalue weighted by Crippen LogP contribution is -2.27. The van der Waals surface area contributed by atoms with Crippen LogP contribution >= 0.6 is 0 Å². The minimum atomic E-state index is -0.794. The fourth-order valence-electron chi connectivity index (χ4n) is 1.64. The van der Waals surface area contributed by atoms with Gasteiger partial charge in [-0.25, -0.2) is 4.99 Å². The molecule has 1 saturated heterocycles. The Labute approximate surface area is 85.3 Å². The zero-order valence-corrected chi connectivity index (χ0v) is 7.83. The van der Waals surface area contributed by atoms with Gasteiger partial charge in [0, 0.05) is 6.42 Å². The first kappa shape index (κ1) is 10.2. The van der Waals surface area contributed by atoms with E-state index in [1.807, 2.05) is 0 Å². The predicted molar refractivity (Wildman–Crippen MR) is 50.4 cm³/mol. The van der Waals surface area contributed by atoms with Crippen LogP contribution in [-0.4, -0.2) is 52.7 Å². The van der Waals surface area contributed by atoms with E-state index in [0.717, 1.165) is 0 Å². The van der Waals surface area contributed by atoms with Crippen molar-refractivity contribution < 1.29 is 19.7 Å². The van der Waals surface area contributed by atoms with Gasteiger partial charge in [0.2, 0.25) is 5.96 Å². The smallest absolute Gasteiger partial charge is 0.297 e. The topological polar surface area (TPSA) is 118 Å². The number of hydrogen-bond acceptors (Lipinski definition) is 6. The third-order valence-corrected chi connectivity index (χ3v) is 2.38. The summed E-state index contributed by atoms with van der Waals surface area (Å²) < 4.78 is 5.24. The van der Waals surface area contributed by atoms with E-state index in [-0.39, 0.29) is 24.7 Å². The normalized spacial score (nSPS) is 35.6. The van der Waals surface area contributed by atoms with Gasteiger partial charge in [-0.15, -0.1) is 0 Å². The molecule has 0 unspecified atom stereocenters. The summed E-state index contributed by atoms with van der Waals surface area (Å²) in [4.78, 5) is 18.4. The fourth-order valence-corrected chi connectivity index (χ4v) is 1.64. The Morgan fingerprint density at radius 3 is 2.73 bits per heavy atom. The van der Waals surface area contributed by atoms with Crippen LogP contribution in [0.25, 0.3) is 0 Å². The quantitative estimate of drug-likeness (QED) is 0.481. The molecular weight excluding hydrogens is 202 g/mol. The molecular formula is C8H11N3O4. The molecule has 1 amide bonds. The number of amides is 1. The van der Waals surface area contributed by atoms with Crippen LogP contribution in [0.5, 0.6) is 0 Å². The summed E-state index contributed by atoms with van der Waals surface area (Å²) in [7, 11) is 0. The highest BCUT2D eigenvalue weighted by Gasteiger charge is 2.39. The molecule has 0 saturated carbocycles. The van der Waals surface area contributed by atoms with Crippen molar-refractivity contribution in [3.8, 4) is 0 Å². The average Bonchev–Trinajstić information content (AvgIpc) is 2.69. The van der Waals surface area contributed by atoms with Gasteiger partial charge in [0.05, 0.1) is 12.7 Å². The molecule has 1 fully saturated rings. The summed E-state index contributed by atoms with van der Waals surface area (Å²) in [5.41, 5.74) is 5.36. The van der Waals surface area contributed by atoms with Crippen LogP contribution in [0.1, 0.15) is 6.42 Å². The highest BCUT2D eigenvalue weighted by atomic mass is 16.5. The second-order valence-electron chi connectivity index (χ2n) is 3.42. The predicted octanol–water partition coefficient (Wildman–Crippen LogP) is -2.21. The van der Waals surface area contributed by atoms with E-state index in [1.54, 1.807) is 0 Å². The third kappa shape index (κ3) is 1.76. The van der Waals surface area contributed by atoms with Gasteiger partial charge in [-0.3, -0.25) is 4.79 Å². The minimum Gasteiger partial charge on any atom is -0.394 e. The number of aliphatic hydroxyl groups is 2. The Hall–Kier alpha value is -1.31. The number of aliphatic imine (C=N–C) groups is 2. The molecule has 82 valence electrons. The number of hydrogen-bond donors (Lipinski definition) is 3. The minimum absolute atomic E-state index is 0.0967. The average molecular weight is 213 g/mol. The van der Waals surface area contributed by atoms with Crippen molar-refractivity contribution >= 4 is 17.6 Å². The molecule has 4 N–H and O–H groups in total. The SMILES string of the molecule is NC1=NC(=O)C([C@@H]2C[C@H](O)[C@@H](CO)O2)=N1. The van der Waals surface area contributed by atoms with Crippen molar-refractivity contribution in [3.63, 3.8) is 0 Å². The van der Waals surface area contributed by atoms with Crippen LogP contribution in [0.3, 0.4) is 0 Å². The van der Waals surface area contributed by atoms with Crippen molar-refractivity contribution in [1.29, 1.82) is 0 Å². The number of nitrogens with two attached hydrogens (primary N) is 1. The van der Waals surface area contributed by atoms with Gasteiger partial charge in [0.15, 0.2) is 0 Å². The zero-order chi connectivity index (χ0) is 11.0. The lowest BCUT2D eigenvalue weighted by molar-refractivity contribution is -0.112. The van der Waals surface area contributed by atoms with Crippen molar-refractivity contribution in [3.05, 3.63) is 0 Å². The summed E-state index contributed by atoms with van der Waals surface area (Å²) in [5.74, 6) is -0.635. The Morgan fingerprint density at radius 2 is 2.27 bits per heavy atom. The van der Waals surface area contributed by atoms with Crippen LogP contribution in [0.4, 0.5) is 0 Å². The maximum Gasteiger partial charge on any atom is 0.297 e. The molecule has 2 aliphatic heterocycles. The summed E-state index contributed by atoms with van der Waals surface area (Å²) in [6.45, 7) is -0.296. The molecule has 0 aromatic carbocycles. The molecule has 2 rings (SSSR count). The first-order valence-corrected chi connectivity index (χ1v) is 4.53. The van der Waals surface area contributed by atoms with E-state index in [0.29, 0.717) is 0 Å². The second kappa shape index (κ2) is 3.69. The molecule has 7 heteroatoms. The van der Waals surface area contributed by atoms with Crippen molar-refractivity contribution in [1.82, 2.24) is 0 Å². The maximum absolute atomic E-state index is 11.3. The van der Waals surface area contributed by atoms with Gasteiger partial charge >= 0.3 is 0 Å². The number of ether oxygens (including phenoxy) is 1. The fraction of sp³-hybridized carbons (Fsp3) is 0.625. The molecule has 0 aliphatic carbocycles. The lowest BCUT2D eigenvalue weighted by Gasteiger charge is -2.10. The van der Waals surface area contributed by atoms with Gasteiger partial charge in [-0.1, -0.05) is 0 Å². The van der Waals surface area contributed by atoms with Gasteiger partial charge in [0.25, 0.3) is 5.91 Å². The van der Waals surface area contributed by atoms with E-state index in [4.69, 9.17) is 15.6 Å². The highest BCUT2D eigenvalue weighted by Crippen LogP contribution is 2.22. The number of carbonyl (C=O) groups is 1. The Bertz CT molecular complexity index is 352. The number of nitrogens with zero attached hydrogens (tertiary/aromatic N) is 2. The summed E-state index contributed by atoms with van der Waals surface area (Å²) in [5, 5.41) is 18.3. The van der Waals surface area contributed by atoms with E-state index >= 15 is 0 Å². The molecule has 3 atom stereocenters. The number of carbonyl (C=O) groups excluding carboxylic acids is 1. The largest absolute Gasteiger partial charge is 0.394 e. The van der Waals surface area contributed by atoms with Gasteiger partial charge in [0.1, 0.15) is 17.9 Å². The first-order chi connectivity index (χ1) is 7.11. The van der Waals surface area contributed by atoms with E-state index < -0.39 is 24.2 Å². The monoisotopic (exact) mass is 213 g/mol. The summed E-state index contributed by atoms with van der Waals surface area (Å²) >= 11 is 0. The molecule has 0 spiro atoms. The molecule has 0 aromatic heterocycles. The molecule has 15 heavy (non-hydrogen) atoms. The number of guanidine groups is 1. The molecule has 0 radical (unpaired) electrons. The van der Waals surface area contributed by atoms with Crippen LogP contribution in [0, 0.1) is 0 Å². The second-order valence-corrected chi connectivity index (χ2v) is 3.42. The highest BCUT2D eigenvalue weighted by molar-refractivity contribution is 6.46. The number of aliphatic hydroxyl groups excluding tert-OH is 2. The van der Waals surface area contributed by atoms with Crippen LogP contribution in [0.2, 0.25) is 0 Å². The molecule has 2 heterocycles. The van der Waals surface area contributed by atoms with Crippen LogP contribution in [-0.2, 0) is 9.53 Å². The summed E-state index contributed by atoms with van der Waals surface area (Å²) in [6, 6.07) is 0. The molecule has 0 bridgehead atoms. The third-order valence-electron chi connectivity index (χ3n) is 2.38. The molecule has 0 aromatic rings. The van der Waals surface area contributed by atoms with Crippen LogP contribution in [0.15, 0.2) is 9.98 Å². The zero-order valence-electron chi connectivity index (χ0n) is 7.83. The van der Waals surface area contributed by atoms with E-state index in [2.05, 4.69) is 9.98 Å². The Kier molecular flexibility index (Phi) is 2.51. The van der Waals surface area contributed by atoms with Gasteiger partial charge in [-0.05, 0) is 0 Å². The van der Waals surface area contributed by atoms with Crippen LogP contribution < -0.4 is 5.73 Å². The standard InChI is InChI=1S/C8H11N3O4/c9-8-10-6(7(14)11-8)4-1-3(13)5(2-12)15-4/h3-5,12-13H,1-2H2,(H2,9,11,14)/t3-,4-,5+/m0/s1. The number of rotatable bonds is 2. The molecule has 2 aliphatic rings. The van der Waals surface area contributed by atoms with Crippen molar-refractivity contribution in [2.75, 3.05) is 6.61 Å². The summed E-state index contributed by atoms with van der Waals surface area (Å²) in [6.07, 6.45) is -1.88. The Balaban J connectivity index is 2.09. The first-order valence-electron chi connectivity index (χ1n) is 4.53. The van der Waals surface area contributed by atoms with Gasteiger partial charge in [-0.2, -0.15) is 4.99 Å². The van der Waals surface area contributed by atoms with E-state index in [9.17, 15) is 9.90 Å². The molecule has 7 nitrogen and oxygen atoms in total. The maximum atomic E-state index is 11.3.